The van der Waals surface area contributed by atoms with Crippen LogP contribution >= 0.6 is 0 Å². The summed E-state index contributed by atoms with van der Waals surface area (Å²) in [7, 11) is 0. The zero-order chi connectivity index (χ0) is 13.2. The van der Waals surface area contributed by atoms with Crippen molar-refractivity contribution < 1.29 is 9.53 Å². The van der Waals surface area contributed by atoms with Crippen molar-refractivity contribution in [3.63, 3.8) is 0 Å². The number of nitrogens with zero attached hydrogens (tertiary/aromatic N) is 1. The van der Waals surface area contributed by atoms with Gasteiger partial charge in [0, 0.05) is 5.69 Å². The van der Waals surface area contributed by atoms with Gasteiger partial charge >= 0.3 is 5.97 Å². The molecule has 17 heavy (non-hydrogen) atoms. The number of aromatic nitrogens is 1. The number of carbonyl (C=O) groups excluding carboxylic acids is 1. The first-order valence-electron chi connectivity index (χ1n) is 5.38. The number of carbonyl (C=O) groups is 1. The maximum atomic E-state index is 11.7. The summed E-state index contributed by atoms with van der Waals surface area (Å²) in [6.45, 7) is 6.96. The minimum atomic E-state index is -0.561. The molecule has 0 amide bonds. The molecule has 1 aromatic heterocycles. The highest BCUT2D eigenvalue weighted by molar-refractivity contribution is 5.70. The standard InChI is InChI=1S/C12H18N2O3/c1-8-5-6-9(13)11(16)14(8)7-10(15)17-12(2,3)4/h5-6H,7,13H2,1-4H3. The number of aryl methyl sites for hydroxylation is 1. The van der Waals surface area contributed by atoms with Crippen LogP contribution in [-0.4, -0.2) is 16.1 Å². The molecule has 0 unspecified atom stereocenters. The number of pyridine rings is 1. The van der Waals surface area contributed by atoms with E-state index < -0.39 is 11.6 Å². The van der Waals surface area contributed by atoms with E-state index in [1.54, 1.807) is 33.8 Å². The molecule has 0 bridgehead atoms. The van der Waals surface area contributed by atoms with E-state index in [2.05, 4.69) is 0 Å². The molecule has 0 saturated heterocycles. The fourth-order valence-corrected chi connectivity index (χ4v) is 1.39. The van der Waals surface area contributed by atoms with Crippen molar-refractivity contribution in [2.75, 3.05) is 5.73 Å². The summed E-state index contributed by atoms with van der Waals surface area (Å²) in [4.78, 5) is 23.3. The fourth-order valence-electron chi connectivity index (χ4n) is 1.39. The summed E-state index contributed by atoms with van der Waals surface area (Å²) in [5, 5.41) is 0. The van der Waals surface area contributed by atoms with Gasteiger partial charge in [0.2, 0.25) is 0 Å². The van der Waals surface area contributed by atoms with Crippen LogP contribution in [0.25, 0.3) is 0 Å². The second-order valence-electron chi connectivity index (χ2n) is 4.91. The predicted octanol–water partition coefficient (Wildman–Crippen LogP) is 1.08. The van der Waals surface area contributed by atoms with Gasteiger partial charge in [0.05, 0.1) is 5.69 Å². The number of nitrogen functional groups attached to an aromatic ring is 1. The average molecular weight is 238 g/mol. The van der Waals surface area contributed by atoms with E-state index in [0.717, 1.165) is 0 Å². The molecule has 2 N–H and O–H groups in total. The van der Waals surface area contributed by atoms with Gasteiger partial charge in [-0.15, -0.1) is 0 Å². The number of nitrogens with two attached hydrogens (primary N) is 1. The Morgan fingerprint density at radius 3 is 2.53 bits per heavy atom. The van der Waals surface area contributed by atoms with Gasteiger partial charge in [-0.05, 0) is 39.8 Å². The van der Waals surface area contributed by atoms with E-state index in [9.17, 15) is 9.59 Å². The molecule has 0 spiro atoms. The summed E-state index contributed by atoms with van der Waals surface area (Å²) in [6, 6.07) is 3.23. The molecule has 5 heteroatoms. The van der Waals surface area contributed by atoms with E-state index in [1.807, 2.05) is 0 Å². The number of anilines is 1. The van der Waals surface area contributed by atoms with Crippen LogP contribution in [0.4, 0.5) is 5.69 Å². The van der Waals surface area contributed by atoms with Crippen molar-refractivity contribution in [2.24, 2.45) is 0 Å². The van der Waals surface area contributed by atoms with Crippen LogP contribution in [0.15, 0.2) is 16.9 Å². The number of esters is 1. The van der Waals surface area contributed by atoms with Gasteiger partial charge in [-0.25, -0.2) is 0 Å². The molecule has 1 aromatic rings. The van der Waals surface area contributed by atoms with Crippen LogP contribution < -0.4 is 11.3 Å². The van der Waals surface area contributed by atoms with Gasteiger partial charge in [-0.3, -0.25) is 14.2 Å². The first-order chi connectivity index (χ1) is 7.70. The quantitative estimate of drug-likeness (QED) is 0.782. The second-order valence-corrected chi connectivity index (χ2v) is 4.91. The highest BCUT2D eigenvalue weighted by Gasteiger charge is 2.17. The topological polar surface area (TPSA) is 74.3 Å². The molecule has 0 aliphatic carbocycles. The molecule has 0 aromatic carbocycles. The Morgan fingerprint density at radius 1 is 1.41 bits per heavy atom. The maximum Gasteiger partial charge on any atom is 0.326 e. The Balaban J connectivity index is 2.93. The molecule has 1 heterocycles. The summed E-state index contributed by atoms with van der Waals surface area (Å²) < 4.78 is 6.46. The fraction of sp³-hybridized carbons (Fsp3) is 0.500. The van der Waals surface area contributed by atoms with Crippen molar-refractivity contribution in [3.8, 4) is 0 Å². The summed E-state index contributed by atoms with van der Waals surface area (Å²) in [5.41, 5.74) is 5.38. The van der Waals surface area contributed by atoms with Crippen LogP contribution in [0.1, 0.15) is 26.5 Å². The third-order valence-electron chi connectivity index (χ3n) is 2.13. The average Bonchev–Trinajstić information content (AvgIpc) is 2.16. The Morgan fingerprint density at radius 2 is 2.00 bits per heavy atom. The van der Waals surface area contributed by atoms with Gasteiger partial charge in [0.1, 0.15) is 12.1 Å². The zero-order valence-electron chi connectivity index (χ0n) is 10.6. The third-order valence-corrected chi connectivity index (χ3v) is 2.13. The predicted molar refractivity (Wildman–Crippen MR) is 65.7 cm³/mol. The van der Waals surface area contributed by atoms with Crippen molar-refractivity contribution in [2.45, 2.75) is 39.8 Å². The van der Waals surface area contributed by atoms with E-state index in [0.29, 0.717) is 5.69 Å². The zero-order valence-corrected chi connectivity index (χ0v) is 10.6. The Hall–Kier alpha value is -1.78. The first-order valence-corrected chi connectivity index (χ1v) is 5.38. The van der Waals surface area contributed by atoms with Crippen molar-refractivity contribution in [1.82, 2.24) is 4.57 Å². The Kier molecular flexibility index (Phi) is 3.60. The molecule has 94 valence electrons. The summed E-state index contributed by atoms with van der Waals surface area (Å²) in [6.07, 6.45) is 0. The molecule has 1 rings (SSSR count). The van der Waals surface area contributed by atoms with Crippen LogP contribution in [-0.2, 0) is 16.1 Å². The van der Waals surface area contributed by atoms with Gasteiger partial charge in [-0.2, -0.15) is 0 Å². The lowest BCUT2D eigenvalue weighted by Gasteiger charge is -2.20. The van der Waals surface area contributed by atoms with Crippen molar-refractivity contribution >= 4 is 11.7 Å². The van der Waals surface area contributed by atoms with Gasteiger partial charge in [0.15, 0.2) is 0 Å². The third kappa shape index (κ3) is 3.62. The lowest BCUT2D eigenvalue weighted by molar-refractivity contribution is -0.155. The van der Waals surface area contributed by atoms with Gasteiger partial charge in [0.25, 0.3) is 5.56 Å². The molecular formula is C12H18N2O3. The van der Waals surface area contributed by atoms with E-state index in [1.165, 1.54) is 10.6 Å². The molecule has 0 fully saturated rings. The SMILES string of the molecule is Cc1ccc(N)c(=O)n1CC(=O)OC(C)(C)C. The summed E-state index contributed by atoms with van der Waals surface area (Å²) in [5.74, 6) is -0.451. The van der Waals surface area contributed by atoms with Crippen LogP contribution in [0, 0.1) is 6.92 Å². The minimum Gasteiger partial charge on any atom is -0.459 e. The first kappa shape index (κ1) is 13.3. The highest BCUT2D eigenvalue weighted by Crippen LogP contribution is 2.08. The Labute approximate surface area is 100 Å². The molecule has 0 saturated carbocycles. The van der Waals surface area contributed by atoms with Crippen LogP contribution in [0.3, 0.4) is 0 Å². The van der Waals surface area contributed by atoms with Gasteiger partial charge in [-0.1, -0.05) is 0 Å². The van der Waals surface area contributed by atoms with Gasteiger partial charge < -0.3 is 10.5 Å². The number of hydrogen-bond donors (Lipinski definition) is 1. The molecular weight excluding hydrogens is 220 g/mol. The number of hydrogen-bond acceptors (Lipinski definition) is 4. The summed E-state index contributed by atoms with van der Waals surface area (Å²) >= 11 is 0. The van der Waals surface area contributed by atoms with Crippen molar-refractivity contribution in [3.05, 3.63) is 28.2 Å². The largest absolute Gasteiger partial charge is 0.459 e. The normalized spacial score (nSPS) is 11.3. The highest BCUT2D eigenvalue weighted by atomic mass is 16.6. The molecule has 0 aliphatic heterocycles. The van der Waals surface area contributed by atoms with E-state index in [4.69, 9.17) is 10.5 Å². The lowest BCUT2D eigenvalue weighted by Crippen LogP contribution is -2.32. The molecule has 0 atom stereocenters. The molecule has 0 radical (unpaired) electrons. The number of rotatable bonds is 2. The smallest absolute Gasteiger partial charge is 0.326 e. The van der Waals surface area contributed by atoms with Crippen LogP contribution in [0.5, 0.6) is 0 Å². The molecule has 5 nitrogen and oxygen atoms in total. The van der Waals surface area contributed by atoms with Crippen molar-refractivity contribution in [1.29, 1.82) is 0 Å². The van der Waals surface area contributed by atoms with E-state index in [-0.39, 0.29) is 17.8 Å². The van der Waals surface area contributed by atoms with Crippen LogP contribution in [0.2, 0.25) is 0 Å². The number of ether oxygens (including phenoxy) is 1. The Bertz CT molecular complexity index is 484. The second kappa shape index (κ2) is 4.61. The monoisotopic (exact) mass is 238 g/mol. The maximum absolute atomic E-state index is 11.7. The minimum absolute atomic E-state index is 0.118. The lowest BCUT2D eigenvalue weighted by atomic mass is 10.2. The van der Waals surface area contributed by atoms with E-state index >= 15 is 0 Å². The molecule has 0 aliphatic rings.